The van der Waals surface area contributed by atoms with Gasteiger partial charge < -0.3 is 15.4 Å². The lowest BCUT2D eigenvalue weighted by Crippen LogP contribution is -2.28. The molecule has 0 spiro atoms. The van der Waals surface area contributed by atoms with E-state index < -0.39 is 5.97 Å². The molecule has 5 nitrogen and oxygen atoms in total. The van der Waals surface area contributed by atoms with Gasteiger partial charge in [0.15, 0.2) is 0 Å². The minimum Gasteiger partial charge on any atom is -0.465 e. The Bertz CT molecular complexity index is 671. The maximum Gasteiger partial charge on any atom is 0.337 e. The minimum absolute atomic E-state index is 0.334. The smallest absolute Gasteiger partial charge is 0.337 e. The van der Waals surface area contributed by atoms with Gasteiger partial charge in [0, 0.05) is 17.3 Å². The number of ether oxygens (including phenoxy) is 1. The van der Waals surface area contributed by atoms with Crippen LogP contribution in [0.5, 0.6) is 0 Å². The van der Waals surface area contributed by atoms with Gasteiger partial charge in [-0.25, -0.2) is 9.59 Å². The predicted octanol–water partition coefficient (Wildman–Crippen LogP) is 3.45. The molecule has 0 bridgehead atoms. The zero-order chi connectivity index (χ0) is 15.9. The quantitative estimate of drug-likeness (QED) is 0.848. The van der Waals surface area contributed by atoms with E-state index in [1.807, 2.05) is 0 Å². The lowest BCUT2D eigenvalue weighted by molar-refractivity contribution is 0.0600. The first kappa shape index (κ1) is 15.9. The maximum atomic E-state index is 11.8. The molecule has 0 heterocycles. The zero-order valence-corrected chi connectivity index (χ0v) is 12.7. The van der Waals surface area contributed by atoms with Gasteiger partial charge in [-0.15, -0.1) is 0 Å². The van der Waals surface area contributed by atoms with Crippen molar-refractivity contribution in [3.05, 3.63) is 64.7 Å². The van der Waals surface area contributed by atoms with Crippen LogP contribution in [0.2, 0.25) is 5.02 Å². The van der Waals surface area contributed by atoms with Crippen molar-refractivity contribution in [1.82, 2.24) is 5.32 Å². The van der Waals surface area contributed by atoms with Gasteiger partial charge in [0.05, 0.1) is 12.7 Å². The van der Waals surface area contributed by atoms with E-state index in [1.54, 1.807) is 48.5 Å². The van der Waals surface area contributed by atoms with E-state index in [0.29, 0.717) is 22.8 Å². The number of methoxy groups -OCH3 is 1. The number of nitrogens with one attached hydrogen (secondary N) is 2. The normalized spacial score (nSPS) is 9.91. The maximum absolute atomic E-state index is 11.8. The number of hydrogen-bond acceptors (Lipinski definition) is 3. The van der Waals surface area contributed by atoms with Gasteiger partial charge in [0.1, 0.15) is 0 Å². The topological polar surface area (TPSA) is 67.4 Å². The average Bonchev–Trinajstić information content (AvgIpc) is 2.52. The summed E-state index contributed by atoms with van der Waals surface area (Å²) in [7, 11) is 1.33. The first-order valence-electron chi connectivity index (χ1n) is 6.56. The molecule has 22 heavy (non-hydrogen) atoms. The monoisotopic (exact) mass is 318 g/mol. The van der Waals surface area contributed by atoms with E-state index in [4.69, 9.17) is 11.6 Å². The standard InChI is InChI=1S/C16H15ClN2O3/c1-22-15(20)12-7-5-11(6-8-12)10-18-16(21)19-14-4-2-3-13(17)9-14/h2-9H,10H2,1H3,(H2,18,19,21). The number of carbonyl (C=O) groups excluding carboxylic acids is 2. The van der Waals surface area contributed by atoms with Crippen molar-refractivity contribution < 1.29 is 14.3 Å². The number of hydrogen-bond donors (Lipinski definition) is 2. The molecule has 0 saturated carbocycles. The molecule has 0 aliphatic carbocycles. The summed E-state index contributed by atoms with van der Waals surface area (Å²) < 4.78 is 4.62. The Labute approximate surface area is 133 Å². The number of urea groups is 1. The molecule has 6 heteroatoms. The number of halogens is 1. The summed E-state index contributed by atoms with van der Waals surface area (Å²) in [4.78, 5) is 23.1. The van der Waals surface area contributed by atoms with Crippen molar-refractivity contribution in [2.24, 2.45) is 0 Å². The molecule has 0 saturated heterocycles. The van der Waals surface area contributed by atoms with Crippen molar-refractivity contribution in [2.45, 2.75) is 6.54 Å². The van der Waals surface area contributed by atoms with Crippen molar-refractivity contribution >= 4 is 29.3 Å². The fourth-order valence-corrected chi connectivity index (χ4v) is 1.99. The van der Waals surface area contributed by atoms with Gasteiger partial charge in [0.2, 0.25) is 0 Å². The van der Waals surface area contributed by atoms with Crippen LogP contribution in [0.3, 0.4) is 0 Å². The Balaban J connectivity index is 1.87. The Morgan fingerprint density at radius 1 is 1.14 bits per heavy atom. The first-order valence-corrected chi connectivity index (χ1v) is 6.94. The van der Waals surface area contributed by atoms with Crippen LogP contribution in [0, 0.1) is 0 Å². The minimum atomic E-state index is -0.391. The molecule has 0 fully saturated rings. The Morgan fingerprint density at radius 2 is 1.86 bits per heavy atom. The third-order valence-electron chi connectivity index (χ3n) is 2.91. The van der Waals surface area contributed by atoms with Gasteiger partial charge in [-0.05, 0) is 35.9 Å². The van der Waals surface area contributed by atoms with Crippen LogP contribution >= 0.6 is 11.6 Å². The summed E-state index contributed by atoms with van der Waals surface area (Å²) in [6, 6.07) is 13.4. The van der Waals surface area contributed by atoms with Crippen LogP contribution in [0.1, 0.15) is 15.9 Å². The highest BCUT2D eigenvalue weighted by atomic mass is 35.5. The van der Waals surface area contributed by atoms with Gasteiger partial charge >= 0.3 is 12.0 Å². The third-order valence-corrected chi connectivity index (χ3v) is 3.15. The largest absolute Gasteiger partial charge is 0.465 e. The molecule has 0 unspecified atom stereocenters. The lowest BCUT2D eigenvalue weighted by atomic mass is 10.1. The fraction of sp³-hybridized carbons (Fsp3) is 0.125. The highest BCUT2D eigenvalue weighted by molar-refractivity contribution is 6.30. The molecule has 2 amide bonds. The molecule has 2 aromatic rings. The third kappa shape index (κ3) is 4.49. The molecule has 2 N–H and O–H groups in total. The van der Waals surface area contributed by atoms with Gasteiger partial charge in [-0.2, -0.15) is 0 Å². The second-order valence-corrected chi connectivity index (χ2v) is 4.94. The van der Waals surface area contributed by atoms with Crippen LogP contribution in [0.25, 0.3) is 0 Å². The van der Waals surface area contributed by atoms with Crippen LogP contribution in [-0.2, 0) is 11.3 Å². The highest BCUT2D eigenvalue weighted by Crippen LogP contribution is 2.14. The lowest BCUT2D eigenvalue weighted by Gasteiger charge is -2.08. The van der Waals surface area contributed by atoms with Crippen LogP contribution in [-0.4, -0.2) is 19.1 Å². The molecule has 0 atom stereocenters. The second-order valence-electron chi connectivity index (χ2n) is 4.51. The van der Waals surface area contributed by atoms with E-state index in [-0.39, 0.29) is 6.03 Å². The van der Waals surface area contributed by atoms with Crippen LogP contribution < -0.4 is 10.6 Å². The van der Waals surface area contributed by atoms with Crippen LogP contribution in [0.15, 0.2) is 48.5 Å². The molecular formula is C16H15ClN2O3. The van der Waals surface area contributed by atoms with Gasteiger partial charge in [-0.3, -0.25) is 0 Å². The molecule has 2 rings (SSSR count). The second kappa shape index (κ2) is 7.47. The highest BCUT2D eigenvalue weighted by Gasteiger charge is 2.05. The van der Waals surface area contributed by atoms with Crippen molar-refractivity contribution in [3.63, 3.8) is 0 Å². The van der Waals surface area contributed by atoms with E-state index in [1.165, 1.54) is 7.11 Å². The molecular weight excluding hydrogens is 304 g/mol. The average molecular weight is 319 g/mol. The molecule has 114 valence electrons. The van der Waals surface area contributed by atoms with Crippen LogP contribution in [0.4, 0.5) is 10.5 Å². The van der Waals surface area contributed by atoms with Crippen molar-refractivity contribution in [2.75, 3.05) is 12.4 Å². The number of esters is 1. The summed E-state index contributed by atoms with van der Waals surface area (Å²) in [5.41, 5.74) is 1.95. The summed E-state index contributed by atoms with van der Waals surface area (Å²) >= 11 is 5.84. The van der Waals surface area contributed by atoms with E-state index in [0.717, 1.165) is 5.56 Å². The first-order chi connectivity index (χ1) is 10.6. The SMILES string of the molecule is COC(=O)c1ccc(CNC(=O)Nc2cccc(Cl)c2)cc1. The summed E-state index contributed by atoms with van der Waals surface area (Å²) in [6.07, 6.45) is 0. The van der Waals surface area contributed by atoms with E-state index >= 15 is 0 Å². The van der Waals surface area contributed by atoms with E-state index in [2.05, 4.69) is 15.4 Å². The number of benzene rings is 2. The van der Waals surface area contributed by atoms with Gasteiger partial charge in [-0.1, -0.05) is 29.8 Å². The zero-order valence-electron chi connectivity index (χ0n) is 11.9. The van der Waals surface area contributed by atoms with Gasteiger partial charge in [0.25, 0.3) is 0 Å². The number of carbonyl (C=O) groups is 2. The summed E-state index contributed by atoms with van der Waals surface area (Å²) in [5.74, 6) is -0.391. The van der Waals surface area contributed by atoms with Crippen molar-refractivity contribution in [1.29, 1.82) is 0 Å². The number of amides is 2. The Kier molecular flexibility index (Phi) is 5.38. The molecule has 0 radical (unpaired) electrons. The summed E-state index contributed by atoms with van der Waals surface area (Å²) in [5, 5.41) is 5.96. The van der Waals surface area contributed by atoms with E-state index in [9.17, 15) is 9.59 Å². The number of anilines is 1. The molecule has 2 aromatic carbocycles. The Hall–Kier alpha value is -2.53. The molecule has 0 aliphatic heterocycles. The molecule has 0 aromatic heterocycles. The van der Waals surface area contributed by atoms with Crippen molar-refractivity contribution in [3.8, 4) is 0 Å². The Morgan fingerprint density at radius 3 is 2.50 bits per heavy atom. The number of rotatable bonds is 4. The summed E-state index contributed by atoms with van der Waals surface area (Å²) in [6.45, 7) is 0.341. The fourth-order valence-electron chi connectivity index (χ4n) is 1.80. The predicted molar refractivity (Wildman–Crippen MR) is 85.1 cm³/mol. The molecule has 0 aliphatic rings.